The van der Waals surface area contributed by atoms with Crippen LogP contribution in [-0.2, 0) is 9.59 Å². The van der Waals surface area contributed by atoms with Gasteiger partial charge in [0.15, 0.2) is 0 Å². The average Bonchev–Trinajstić information content (AvgIpc) is 2.15. The van der Waals surface area contributed by atoms with Crippen LogP contribution in [0.2, 0.25) is 0 Å². The zero-order chi connectivity index (χ0) is 11.7. The predicted octanol–water partition coefficient (Wildman–Crippen LogP) is 1.50. The fraction of sp³-hybridized carbons (Fsp3) is 0.800. The smallest absolute Gasteiger partial charge is 0.303 e. The van der Waals surface area contributed by atoms with Crippen LogP contribution in [-0.4, -0.2) is 34.5 Å². The van der Waals surface area contributed by atoms with Gasteiger partial charge in [-0.05, 0) is 24.9 Å². The lowest BCUT2D eigenvalue weighted by atomic mass is 10.2. The van der Waals surface area contributed by atoms with E-state index in [-0.39, 0.29) is 24.8 Å². The van der Waals surface area contributed by atoms with E-state index in [9.17, 15) is 9.59 Å². The normalized spacial score (nSPS) is 12.1. The minimum Gasteiger partial charge on any atom is -0.481 e. The molecule has 15 heavy (non-hydrogen) atoms. The van der Waals surface area contributed by atoms with Gasteiger partial charge in [0.1, 0.15) is 0 Å². The highest BCUT2D eigenvalue weighted by atomic mass is 32.2. The van der Waals surface area contributed by atoms with Crippen LogP contribution in [0.25, 0.3) is 0 Å². The fourth-order valence-electron chi connectivity index (χ4n) is 1.04. The summed E-state index contributed by atoms with van der Waals surface area (Å²) in [5.74, 6) is 1.00. The van der Waals surface area contributed by atoms with Crippen molar-refractivity contribution in [1.82, 2.24) is 5.32 Å². The van der Waals surface area contributed by atoms with Crippen molar-refractivity contribution in [3.63, 3.8) is 0 Å². The standard InChI is InChI=1S/C10H19NO3S/c1-3-15-7-6-8(2)11-9(12)4-5-10(13)14/h8H,3-7H2,1-2H3,(H,11,12)(H,13,14). The van der Waals surface area contributed by atoms with Gasteiger partial charge in [0.25, 0.3) is 0 Å². The predicted molar refractivity (Wildman–Crippen MR) is 62.1 cm³/mol. The van der Waals surface area contributed by atoms with Gasteiger partial charge in [-0.3, -0.25) is 9.59 Å². The minimum absolute atomic E-state index is 0.0700. The van der Waals surface area contributed by atoms with Crippen LogP contribution in [0.1, 0.15) is 33.1 Å². The van der Waals surface area contributed by atoms with Crippen molar-refractivity contribution in [3.8, 4) is 0 Å². The topological polar surface area (TPSA) is 66.4 Å². The third kappa shape index (κ3) is 9.59. The van der Waals surface area contributed by atoms with E-state index in [0.717, 1.165) is 17.9 Å². The van der Waals surface area contributed by atoms with E-state index in [1.165, 1.54) is 0 Å². The molecule has 1 amide bonds. The molecule has 0 aliphatic rings. The molecule has 0 fully saturated rings. The third-order valence-corrected chi connectivity index (χ3v) is 2.81. The highest BCUT2D eigenvalue weighted by Crippen LogP contribution is 2.04. The number of carbonyl (C=O) groups is 2. The van der Waals surface area contributed by atoms with E-state index in [2.05, 4.69) is 12.2 Å². The van der Waals surface area contributed by atoms with Crippen LogP contribution in [0.5, 0.6) is 0 Å². The number of amides is 1. The molecule has 0 aliphatic carbocycles. The Morgan fingerprint density at radius 3 is 2.60 bits per heavy atom. The first-order valence-corrected chi connectivity index (χ1v) is 6.30. The first kappa shape index (κ1) is 14.3. The first-order chi connectivity index (χ1) is 7.06. The SMILES string of the molecule is CCSCCC(C)NC(=O)CCC(=O)O. The minimum atomic E-state index is -0.931. The van der Waals surface area contributed by atoms with Gasteiger partial charge in [0.2, 0.25) is 5.91 Å². The summed E-state index contributed by atoms with van der Waals surface area (Å²) in [6.07, 6.45) is 0.903. The van der Waals surface area contributed by atoms with Gasteiger partial charge < -0.3 is 10.4 Å². The van der Waals surface area contributed by atoms with Crippen LogP contribution in [0.15, 0.2) is 0 Å². The van der Waals surface area contributed by atoms with Gasteiger partial charge in [-0.1, -0.05) is 6.92 Å². The van der Waals surface area contributed by atoms with E-state index in [0.29, 0.717) is 0 Å². The van der Waals surface area contributed by atoms with Crippen molar-refractivity contribution >= 4 is 23.6 Å². The van der Waals surface area contributed by atoms with E-state index in [4.69, 9.17) is 5.11 Å². The van der Waals surface area contributed by atoms with Crippen molar-refractivity contribution in [1.29, 1.82) is 0 Å². The summed E-state index contributed by atoms with van der Waals surface area (Å²) in [5.41, 5.74) is 0. The van der Waals surface area contributed by atoms with Gasteiger partial charge in [0.05, 0.1) is 6.42 Å². The lowest BCUT2D eigenvalue weighted by molar-refractivity contribution is -0.138. The number of thioether (sulfide) groups is 1. The second-order valence-corrected chi connectivity index (χ2v) is 4.74. The highest BCUT2D eigenvalue weighted by Gasteiger charge is 2.08. The van der Waals surface area contributed by atoms with Crippen molar-refractivity contribution in [2.24, 2.45) is 0 Å². The molecule has 1 atom stereocenters. The molecule has 2 N–H and O–H groups in total. The van der Waals surface area contributed by atoms with E-state index in [1.807, 2.05) is 18.7 Å². The second kappa shape index (κ2) is 8.59. The average molecular weight is 233 g/mol. The summed E-state index contributed by atoms with van der Waals surface area (Å²) in [6, 6.07) is 0.130. The molecule has 0 aliphatic heterocycles. The van der Waals surface area contributed by atoms with E-state index >= 15 is 0 Å². The molecule has 4 nitrogen and oxygen atoms in total. The number of carboxylic acid groups (broad SMARTS) is 1. The number of carbonyl (C=O) groups excluding carboxylic acids is 1. The summed E-state index contributed by atoms with van der Waals surface area (Å²) < 4.78 is 0. The molecule has 0 radical (unpaired) electrons. The second-order valence-electron chi connectivity index (χ2n) is 3.35. The van der Waals surface area contributed by atoms with Crippen LogP contribution in [0.3, 0.4) is 0 Å². The maximum Gasteiger partial charge on any atom is 0.303 e. The van der Waals surface area contributed by atoms with Gasteiger partial charge in [-0.15, -0.1) is 0 Å². The Hall–Kier alpha value is -0.710. The van der Waals surface area contributed by atoms with Crippen LogP contribution >= 0.6 is 11.8 Å². The van der Waals surface area contributed by atoms with Gasteiger partial charge >= 0.3 is 5.97 Å². The molecule has 0 saturated heterocycles. The molecular weight excluding hydrogens is 214 g/mol. The molecule has 0 aromatic rings. The van der Waals surface area contributed by atoms with Crippen molar-refractivity contribution < 1.29 is 14.7 Å². The quantitative estimate of drug-likeness (QED) is 0.623. The van der Waals surface area contributed by atoms with Gasteiger partial charge in [-0.2, -0.15) is 11.8 Å². The van der Waals surface area contributed by atoms with Crippen molar-refractivity contribution in [2.45, 2.75) is 39.2 Å². The van der Waals surface area contributed by atoms with Crippen LogP contribution in [0.4, 0.5) is 0 Å². The summed E-state index contributed by atoms with van der Waals surface area (Å²) in [5, 5.41) is 11.2. The zero-order valence-corrected chi connectivity index (χ0v) is 10.1. The number of nitrogens with one attached hydrogen (secondary N) is 1. The van der Waals surface area contributed by atoms with E-state index < -0.39 is 5.97 Å². The fourth-order valence-corrected chi connectivity index (χ4v) is 1.85. The molecule has 0 saturated carbocycles. The number of hydrogen-bond donors (Lipinski definition) is 2. The lowest BCUT2D eigenvalue weighted by Crippen LogP contribution is -2.33. The summed E-state index contributed by atoms with van der Waals surface area (Å²) >= 11 is 1.84. The van der Waals surface area contributed by atoms with Crippen molar-refractivity contribution in [2.75, 3.05) is 11.5 Å². The summed E-state index contributed by atoms with van der Waals surface area (Å²) in [4.78, 5) is 21.4. The number of carboxylic acids is 1. The molecule has 0 rings (SSSR count). The number of rotatable bonds is 8. The number of aliphatic carboxylic acids is 1. The zero-order valence-electron chi connectivity index (χ0n) is 9.28. The Morgan fingerprint density at radius 2 is 2.07 bits per heavy atom. The van der Waals surface area contributed by atoms with Gasteiger partial charge in [0, 0.05) is 12.5 Å². The Balaban J connectivity index is 3.53. The summed E-state index contributed by atoms with van der Waals surface area (Å²) in [6.45, 7) is 4.04. The lowest BCUT2D eigenvalue weighted by Gasteiger charge is -2.12. The Labute approximate surface area is 94.8 Å². The number of hydrogen-bond acceptors (Lipinski definition) is 3. The molecule has 88 valence electrons. The molecule has 1 unspecified atom stereocenters. The monoisotopic (exact) mass is 233 g/mol. The molecular formula is C10H19NO3S. The molecule has 5 heteroatoms. The Morgan fingerprint density at radius 1 is 1.40 bits per heavy atom. The van der Waals surface area contributed by atoms with Crippen LogP contribution < -0.4 is 5.32 Å². The molecule has 0 heterocycles. The Bertz CT molecular complexity index is 209. The van der Waals surface area contributed by atoms with E-state index in [1.54, 1.807) is 0 Å². The van der Waals surface area contributed by atoms with Crippen LogP contribution in [0, 0.1) is 0 Å². The molecule has 0 aromatic heterocycles. The molecule has 0 spiro atoms. The largest absolute Gasteiger partial charge is 0.481 e. The van der Waals surface area contributed by atoms with Gasteiger partial charge in [-0.25, -0.2) is 0 Å². The van der Waals surface area contributed by atoms with Crippen molar-refractivity contribution in [3.05, 3.63) is 0 Å². The first-order valence-electron chi connectivity index (χ1n) is 5.15. The molecule has 0 aromatic carbocycles. The summed E-state index contributed by atoms with van der Waals surface area (Å²) in [7, 11) is 0. The molecule has 0 bridgehead atoms. The maximum absolute atomic E-state index is 11.2. The maximum atomic E-state index is 11.2. The Kier molecular flexibility index (Phi) is 8.18. The third-order valence-electron chi connectivity index (χ3n) is 1.87. The highest BCUT2D eigenvalue weighted by molar-refractivity contribution is 7.99.